The van der Waals surface area contributed by atoms with Crippen molar-refractivity contribution in [1.29, 1.82) is 0 Å². The molecule has 1 fully saturated rings. The van der Waals surface area contributed by atoms with Crippen molar-refractivity contribution in [3.63, 3.8) is 0 Å². The second-order valence-electron chi connectivity index (χ2n) is 5.31. The van der Waals surface area contributed by atoms with Crippen LogP contribution in [0.2, 0.25) is 0 Å². The van der Waals surface area contributed by atoms with E-state index in [1.807, 2.05) is 4.90 Å². The molecule has 1 aliphatic heterocycles. The van der Waals surface area contributed by atoms with Crippen molar-refractivity contribution in [2.75, 3.05) is 26.2 Å². The molecule has 1 atom stereocenters. The predicted molar refractivity (Wildman–Crippen MR) is 90.1 cm³/mol. The number of rotatable bonds is 5. The quantitative estimate of drug-likeness (QED) is 0.615. The maximum Gasteiger partial charge on any atom is 0.389 e. The molecule has 1 aromatic carbocycles. The van der Waals surface area contributed by atoms with Gasteiger partial charge >= 0.3 is 6.18 Å². The third-order valence-corrected chi connectivity index (χ3v) is 3.76. The zero-order chi connectivity index (χ0) is 16.2. The number of nitro groups is 1. The summed E-state index contributed by atoms with van der Waals surface area (Å²) in [6.45, 7) is 2.67. The van der Waals surface area contributed by atoms with Crippen LogP contribution >= 0.6 is 24.8 Å². The van der Waals surface area contributed by atoms with Gasteiger partial charge in [0.1, 0.15) is 0 Å². The molecule has 0 spiro atoms. The van der Waals surface area contributed by atoms with E-state index in [1.54, 1.807) is 6.07 Å². The molecule has 138 valence electrons. The van der Waals surface area contributed by atoms with Gasteiger partial charge in [-0.15, -0.1) is 24.8 Å². The first-order valence-electron chi connectivity index (χ1n) is 7.13. The van der Waals surface area contributed by atoms with E-state index in [1.165, 1.54) is 18.2 Å². The van der Waals surface area contributed by atoms with Crippen molar-refractivity contribution in [2.24, 2.45) is 0 Å². The van der Waals surface area contributed by atoms with Crippen molar-refractivity contribution < 1.29 is 18.1 Å². The molecule has 2 rings (SSSR count). The first-order chi connectivity index (χ1) is 10.4. The van der Waals surface area contributed by atoms with E-state index in [-0.39, 0.29) is 36.9 Å². The molecule has 0 unspecified atom stereocenters. The molecule has 0 radical (unpaired) electrons. The molecule has 1 saturated heterocycles. The number of hydrogen-bond donors (Lipinski definition) is 1. The minimum atomic E-state index is -4.23. The van der Waals surface area contributed by atoms with Gasteiger partial charge in [-0.1, -0.05) is 12.1 Å². The summed E-state index contributed by atoms with van der Waals surface area (Å²) in [4.78, 5) is 12.3. The van der Waals surface area contributed by atoms with Crippen LogP contribution in [0.15, 0.2) is 24.3 Å². The Kier molecular flexibility index (Phi) is 9.57. The van der Waals surface area contributed by atoms with Gasteiger partial charge in [0.15, 0.2) is 0 Å². The van der Waals surface area contributed by atoms with Crippen molar-refractivity contribution in [2.45, 2.75) is 25.1 Å². The van der Waals surface area contributed by atoms with Crippen molar-refractivity contribution in [3.05, 3.63) is 39.9 Å². The Balaban J connectivity index is 0.00000264. The average Bonchev–Trinajstić information content (AvgIpc) is 2.48. The Bertz CT molecular complexity index is 526. The van der Waals surface area contributed by atoms with E-state index in [9.17, 15) is 23.3 Å². The maximum absolute atomic E-state index is 12.6. The monoisotopic (exact) mass is 389 g/mol. The lowest BCUT2D eigenvalue weighted by molar-refractivity contribution is -0.385. The lowest BCUT2D eigenvalue weighted by Crippen LogP contribution is -2.45. The number of piperazine rings is 1. The van der Waals surface area contributed by atoms with E-state index in [0.717, 1.165) is 0 Å². The summed E-state index contributed by atoms with van der Waals surface area (Å²) in [6, 6.07) is 5.46. The van der Waals surface area contributed by atoms with Crippen LogP contribution in [0.4, 0.5) is 18.9 Å². The first-order valence-corrected chi connectivity index (χ1v) is 7.13. The number of halogens is 5. The summed E-state index contributed by atoms with van der Waals surface area (Å²) in [5.41, 5.74) is 0.477. The van der Waals surface area contributed by atoms with E-state index < -0.39 is 23.6 Å². The van der Waals surface area contributed by atoms with E-state index >= 15 is 0 Å². The normalized spacial score (nSPS) is 16.6. The second-order valence-corrected chi connectivity index (χ2v) is 5.31. The van der Waals surface area contributed by atoms with Crippen LogP contribution < -0.4 is 5.32 Å². The second kappa shape index (κ2) is 10.0. The van der Waals surface area contributed by atoms with Crippen LogP contribution in [-0.2, 0) is 0 Å². The number of nitrogens with one attached hydrogen (secondary N) is 1. The molecule has 1 heterocycles. The molecule has 0 bridgehead atoms. The summed E-state index contributed by atoms with van der Waals surface area (Å²) < 4.78 is 37.7. The van der Waals surface area contributed by atoms with Crippen molar-refractivity contribution in [3.8, 4) is 0 Å². The number of nitro benzene ring substituents is 1. The standard InChI is InChI=1S/C14H18F3N3O2.2ClH/c15-14(16,17)5-4-13(19-8-6-18-7-9-19)11-2-1-3-12(10-11)20(21)22;;/h1-3,10,13,18H,4-9H2;2*1H/t13-;;/m1../s1. The molecule has 1 N–H and O–H groups in total. The van der Waals surface area contributed by atoms with E-state index in [2.05, 4.69) is 5.32 Å². The number of alkyl halides is 3. The zero-order valence-corrected chi connectivity index (χ0v) is 14.4. The fraction of sp³-hybridized carbons (Fsp3) is 0.571. The minimum Gasteiger partial charge on any atom is -0.314 e. The third-order valence-electron chi connectivity index (χ3n) is 3.76. The number of hydrogen-bond acceptors (Lipinski definition) is 4. The fourth-order valence-corrected chi connectivity index (χ4v) is 2.70. The van der Waals surface area contributed by atoms with Crippen LogP contribution in [0.1, 0.15) is 24.4 Å². The zero-order valence-electron chi connectivity index (χ0n) is 12.8. The molecule has 0 aromatic heterocycles. The van der Waals surface area contributed by atoms with Crippen LogP contribution in [0.5, 0.6) is 0 Å². The van der Waals surface area contributed by atoms with Gasteiger partial charge in [0.2, 0.25) is 0 Å². The van der Waals surface area contributed by atoms with E-state index in [4.69, 9.17) is 0 Å². The van der Waals surface area contributed by atoms with Gasteiger partial charge in [0.25, 0.3) is 5.69 Å². The lowest BCUT2D eigenvalue weighted by atomic mass is 9.99. The van der Waals surface area contributed by atoms with Crippen LogP contribution in [0, 0.1) is 10.1 Å². The molecule has 24 heavy (non-hydrogen) atoms. The van der Waals surface area contributed by atoms with Gasteiger partial charge in [-0.3, -0.25) is 15.0 Å². The number of non-ortho nitro benzene ring substituents is 1. The van der Waals surface area contributed by atoms with Gasteiger partial charge in [-0.05, 0) is 12.0 Å². The number of nitrogens with zero attached hydrogens (tertiary/aromatic N) is 2. The smallest absolute Gasteiger partial charge is 0.314 e. The maximum atomic E-state index is 12.6. The summed E-state index contributed by atoms with van der Waals surface area (Å²) >= 11 is 0. The Morgan fingerprint density at radius 2 is 1.88 bits per heavy atom. The molecule has 5 nitrogen and oxygen atoms in total. The number of benzene rings is 1. The van der Waals surface area contributed by atoms with Crippen LogP contribution in [0.3, 0.4) is 0 Å². The highest BCUT2D eigenvalue weighted by atomic mass is 35.5. The summed E-state index contributed by atoms with van der Waals surface area (Å²) in [5, 5.41) is 14.0. The topological polar surface area (TPSA) is 58.4 Å². The van der Waals surface area contributed by atoms with Crippen molar-refractivity contribution in [1.82, 2.24) is 10.2 Å². The third kappa shape index (κ3) is 6.80. The first kappa shape index (κ1) is 22.9. The highest BCUT2D eigenvalue weighted by Crippen LogP contribution is 2.32. The van der Waals surface area contributed by atoms with Gasteiger partial charge in [0.05, 0.1) is 4.92 Å². The fourth-order valence-electron chi connectivity index (χ4n) is 2.70. The molecule has 0 amide bonds. The Morgan fingerprint density at radius 1 is 1.25 bits per heavy atom. The minimum absolute atomic E-state index is 0. The Hall–Kier alpha value is -1.09. The molecular weight excluding hydrogens is 370 g/mol. The highest BCUT2D eigenvalue weighted by Gasteiger charge is 2.31. The summed E-state index contributed by atoms with van der Waals surface area (Å²) in [7, 11) is 0. The predicted octanol–water partition coefficient (Wildman–Crippen LogP) is 3.73. The molecular formula is C14H20Cl2F3N3O2. The molecule has 0 saturated carbocycles. The molecule has 1 aromatic rings. The SMILES string of the molecule is Cl.Cl.O=[N+]([O-])c1cccc([C@@H](CCC(F)(F)F)N2CCNCC2)c1. The average molecular weight is 390 g/mol. The Morgan fingerprint density at radius 3 is 2.42 bits per heavy atom. The lowest BCUT2D eigenvalue weighted by Gasteiger charge is -2.35. The van der Waals surface area contributed by atoms with Gasteiger partial charge in [-0.2, -0.15) is 13.2 Å². The van der Waals surface area contributed by atoms with Crippen molar-refractivity contribution >= 4 is 30.5 Å². The molecule has 1 aliphatic rings. The Labute approximate surface area is 150 Å². The van der Waals surface area contributed by atoms with Gasteiger partial charge in [-0.25, -0.2) is 0 Å². The van der Waals surface area contributed by atoms with E-state index in [0.29, 0.717) is 31.7 Å². The summed E-state index contributed by atoms with van der Waals surface area (Å²) in [5.74, 6) is 0. The van der Waals surface area contributed by atoms with Crippen LogP contribution in [-0.4, -0.2) is 42.2 Å². The summed E-state index contributed by atoms with van der Waals surface area (Å²) in [6.07, 6.45) is -5.22. The molecule has 0 aliphatic carbocycles. The van der Waals surface area contributed by atoms with Crippen LogP contribution in [0.25, 0.3) is 0 Å². The van der Waals surface area contributed by atoms with Gasteiger partial charge in [0, 0.05) is 50.8 Å². The largest absolute Gasteiger partial charge is 0.389 e. The highest BCUT2D eigenvalue weighted by molar-refractivity contribution is 5.85. The molecule has 10 heteroatoms. The van der Waals surface area contributed by atoms with Gasteiger partial charge < -0.3 is 5.32 Å².